The Hall–Kier alpha value is -2.34. The van der Waals surface area contributed by atoms with Gasteiger partial charge in [-0.25, -0.2) is 4.39 Å². The van der Waals surface area contributed by atoms with Crippen LogP contribution in [0.4, 0.5) is 27.1 Å². The molecule has 0 aromatic heterocycles. The van der Waals surface area contributed by atoms with Crippen LogP contribution in [0.25, 0.3) is 0 Å². The maximum absolute atomic E-state index is 13.1. The Morgan fingerprint density at radius 2 is 1.95 bits per heavy atom. The number of halogens is 2. The molecule has 7 heteroatoms. The molecule has 0 saturated carbocycles. The molecule has 0 unspecified atom stereocenters. The molecule has 0 atom stereocenters. The van der Waals surface area contributed by atoms with E-state index >= 15 is 0 Å². The predicted molar refractivity (Wildman–Crippen MR) is 77.3 cm³/mol. The first-order valence-electron chi connectivity index (χ1n) is 5.70. The number of nitro benzene ring substituents is 1. The first-order valence-corrected chi connectivity index (χ1v) is 6.08. The lowest BCUT2D eigenvalue weighted by molar-refractivity contribution is -0.383. The number of hydrogen-bond acceptors (Lipinski definition) is 4. The Balaban J connectivity index is 2.42. The fourth-order valence-electron chi connectivity index (χ4n) is 1.77. The van der Waals surface area contributed by atoms with Gasteiger partial charge in [0.25, 0.3) is 0 Å². The lowest BCUT2D eigenvalue weighted by Crippen LogP contribution is -2.01. The minimum Gasteiger partial charge on any atom is -0.382 e. The summed E-state index contributed by atoms with van der Waals surface area (Å²) in [5, 5.41) is 16.7. The van der Waals surface area contributed by atoms with Crippen molar-refractivity contribution in [2.75, 3.05) is 17.7 Å². The molecule has 0 radical (unpaired) electrons. The van der Waals surface area contributed by atoms with Gasteiger partial charge in [-0.2, -0.15) is 0 Å². The second-order valence-electron chi connectivity index (χ2n) is 3.96. The highest BCUT2D eigenvalue weighted by Gasteiger charge is 2.19. The summed E-state index contributed by atoms with van der Waals surface area (Å²) in [4.78, 5) is 10.7. The van der Waals surface area contributed by atoms with Gasteiger partial charge in [0.05, 0.1) is 9.95 Å². The molecule has 2 N–H and O–H groups in total. The Morgan fingerprint density at radius 3 is 2.55 bits per heavy atom. The second-order valence-corrected chi connectivity index (χ2v) is 4.37. The maximum atomic E-state index is 13.1. The quantitative estimate of drug-likeness (QED) is 0.656. The summed E-state index contributed by atoms with van der Waals surface area (Å²) < 4.78 is 13.1. The Kier molecular flexibility index (Phi) is 4.05. The maximum Gasteiger partial charge on any atom is 0.315 e. The van der Waals surface area contributed by atoms with Gasteiger partial charge in [0.1, 0.15) is 17.2 Å². The van der Waals surface area contributed by atoms with Crippen LogP contribution in [-0.2, 0) is 0 Å². The predicted octanol–water partition coefficient (Wildman–Crippen LogP) is 4.17. The minimum atomic E-state index is -0.546. The van der Waals surface area contributed by atoms with E-state index in [2.05, 4.69) is 10.6 Å². The summed E-state index contributed by atoms with van der Waals surface area (Å²) in [6, 6.07) is 8.85. The van der Waals surface area contributed by atoms with Crippen LogP contribution in [0.2, 0.25) is 5.02 Å². The van der Waals surface area contributed by atoms with Crippen molar-refractivity contribution in [2.24, 2.45) is 0 Å². The molecule has 0 amide bonds. The van der Waals surface area contributed by atoms with Gasteiger partial charge in [-0.1, -0.05) is 17.7 Å². The molecule has 0 aliphatic carbocycles. The van der Waals surface area contributed by atoms with Crippen LogP contribution < -0.4 is 10.6 Å². The molecular formula is C13H11ClFN3O2. The number of nitrogens with one attached hydrogen (secondary N) is 2. The molecule has 0 heterocycles. The van der Waals surface area contributed by atoms with Crippen LogP contribution in [0.3, 0.4) is 0 Å². The van der Waals surface area contributed by atoms with E-state index in [1.807, 2.05) is 0 Å². The van der Waals surface area contributed by atoms with Crippen LogP contribution in [0.15, 0.2) is 36.4 Å². The van der Waals surface area contributed by atoms with Gasteiger partial charge in [0.2, 0.25) is 0 Å². The molecular weight excluding hydrogens is 285 g/mol. The molecule has 0 aliphatic rings. The third-order valence-corrected chi connectivity index (χ3v) is 2.98. The van der Waals surface area contributed by atoms with Crippen molar-refractivity contribution in [3.05, 3.63) is 57.4 Å². The van der Waals surface area contributed by atoms with Crippen molar-refractivity contribution in [3.8, 4) is 0 Å². The molecule has 2 rings (SSSR count). The molecule has 0 fully saturated rings. The molecule has 5 nitrogen and oxygen atoms in total. The van der Waals surface area contributed by atoms with E-state index in [1.54, 1.807) is 25.2 Å². The summed E-state index contributed by atoms with van der Waals surface area (Å²) in [6.45, 7) is 0. The zero-order valence-corrected chi connectivity index (χ0v) is 11.2. The largest absolute Gasteiger partial charge is 0.382 e. The van der Waals surface area contributed by atoms with Gasteiger partial charge in [-0.3, -0.25) is 10.1 Å². The van der Waals surface area contributed by atoms with Gasteiger partial charge in [-0.15, -0.1) is 0 Å². The minimum absolute atomic E-state index is 0.0533. The monoisotopic (exact) mass is 295 g/mol. The number of anilines is 3. The van der Waals surface area contributed by atoms with E-state index in [9.17, 15) is 14.5 Å². The number of nitro groups is 1. The third kappa shape index (κ3) is 2.80. The zero-order valence-electron chi connectivity index (χ0n) is 10.5. The first kappa shape index (κ1) is 14.1. The van der Waals surface area contributed by atoms with Gasteiger partial charge in [0.15, 0.2) is 0 Å². The summed E-state index contributed by atoms with van der Waals surface area (Å²) in [5.41, 5.74) is 1.06. The lowest BCUT2D eigenvalue weighted by Gasteiger charge is -2.10. The first-order chi connectivity index (χ1) is 9.52. The molecule has 20 heavy (non-hydrogen) atoms. The molecule has 104 valence electrons. The zero-order chi connectivity index (χ0) is 14.7. The fourth-order valence-corrected chi connectivity index (χ4v) is 1.95. The van der Waals surface area contributed by atoms with Crippen molar-refractivity contribution in [1.82, 2.24) is 0 Å². The van der Waals surface area contributed by atoms with Crippen molar-refractivity contribution >= 4 is 34.4 Å². The van der Waals surface area contributed by atoms with Crippen molar-refractivity contribution in [3.63, 3.8) is 0 Å². The van der Waals surface area contributed by atoms with Gasteiger partial charge < -0.3 is 10.6 Å². The Morgan fingerprint density at radius 1 is 1.25 bits per heavy atom. The summed E-state index contributed by atoms with van der Waals surface area (Å²) in [7, 11) is 1.60. The number of nitrogens with zero attached hydrogens (tertiary/aromatic N) is 1. The topological polar surface area (TPSA) is 67.2 Å². The standard InChI is InChI=1S/C13H11ClFN3O2/c1-16-11-3-2-4-12(13(11)18(19)20)17-8-5-6-10(15)9(14)7-8/h2-7,16-17H,1H3. The van der Waals surface area contributed by atoms with Crippen LogP contribution in [0.1, 0.15) is 0 Å². The highest BCUT2D eigenvalue weighted by Crippen LogP contribution is 2.34. The van der Waals surface area contributed by atoms with Crippen LogP contribution >= 0.6 is 11.6 Å². The highest BCUT2D eigenvalue weighted by atomic mass is 35.5. The van der Waals surface area contributed by atoms with Gasteiger partial charge in [0, 0.05) is 12.7 Å². The molecule has 0 saturated heterocycles. The molecule has 2 aromatic rings. The van der Waals surface area contributed by atoms with Crippen LogP contribution in [0.5, 0.6) is 0 Å². The molecule has 0 aliphatic heterocycles. The van der Waals surface area contributed by atoms with E-state index in [1.165, 1.54) is 18.2 Å². The van der Waals surface area contributed by atoms with E-state index in [4.69, 9.17) is 11.6 Å². The number of rotatable bonds is 4. The smallest absolute Gasteiger partial charge is 0.315 e. The summed E-state index contributed by atoms with van der Waals surface area (Å²) in [5.74, 6) is -0.546. The van der Waals surface area contributed by atoms with E-state index in [0.29, 0.717) is 17.1 Å². The van der Waals surface area contributed by atoms with E-state index in [0.717, 1.165) is 0 Å². The van der Waals surface area contributed by atoms with Gasteiger partial charge >= 0.3 is 5.69 Å². The highest BCUT2D eigenvalue weighted by molar-refractivity contribution is 6.31. The summed E-state index contributed by atoms with van der Waals surface area (Å²) >= 11 is 5.68. The van der Waals surface area contributed by atoms with Gasteiger partial charge in [-0.05, 0) is 30.3 Å². The Labute approximate surface area is 119 Å². The molecule has 0 bridgehead atoms. The number of benzene rings is 2. The third-order valence-electron chi connectivity index (χ3n) is 2.69. The normalized spacial score (nSPS) is 10.2. The second kappa shape index (κ2) is 5.75. The number of para-hydroxylation sites is 1. The van der Waals surface area contributed by atoms with Crippen LogP contribution in [0, 0.1) is 15.9 Å². The van der Waals surface area contributed by atoms with Crippen molar-refractivity contribution < 1.29 is 9.31 Å². The SMILES string of the molecule is CNc1cccc(Nc2ccc(F)c(Cl)c2)c1[N+](=O)[O-]. The van der Waals surface area contributed by atoms with Crippen molar-refractivity contribution in [2.45, 2.75) is 0 Å². The lowest BCUT2D eigenvalue weighted by atomic mass is 10.2. The van der Waals surface area contributed by atoms with E-state index in [-0.39, 0.29) is 10.7 Å². The molecule has 2 aromatic carbocycles. The fraction of sp³-hybridized carbons (Fsp3) is 0.0769. The molecule has 0 spiro atoms. The van der Waals surface area contributed by atoms with Crippen LogP contribution in [-0.4, -0.2) is 12.0 Å². The average molecular weight is 296 g/mol. The average Bonchev–Trinajstić information content (AvgIpc) is 2.42. The van der Waals surface area contributed by atoms with E-state index < -0.39 is 10.7 Å². The van der Waals surface area contributed by atoms with Crippen molar-refractivity contribution in [1.29, 1.82) is 0 Å². The number of hydrogen-bond donors (Lipinski definition) is 2. The Bertz CT molecular complexity index is 664. The summed E-state index contributed by atoms with van der Waals surface area (Å²) in [6.07, 6.45) is 0.